The van der Waals surface area contributed by atoms with Crippen LogP contribution in [0.25, 0.3) is 0 Å². The number of benzene rings is 1. The molecule has 2 unspecified atom stereocenters. The molecule has 3 aliphatic heterocycles. The van der Waals surface area contributed by atoms with Crippen LogP contribution in [-0.2, 0) is 4.74 Å². The summed E-state index contributed by atoms with van der Waals surface area (Å²) in [6.45, 7) is 3.74. The molecular weight excluding hydrogens is 403 g/mol. The third kappa shape index (κ3) is 4.70. The summed E-state index contributed by atoms with van der Waals surface area (Å²) >= 11 is 5.91. The van der Waals surface area contributed by atoms with E-state index in [0.717, 1.165) is 32.4 Å². The Morgan fingerprint density at radius 2 is 2.00 bits per heavy atom. The molecule has 0 radical (unpaired) electrons. The van der Waals surface area contributed by atoms with Gasteiger partial charge in [0.25, 0.3) is 0 Å². The number of aliphatic hydroxyl groups excluding tert-OH is 1. The van der Waals surface area contributed by atoms with E-state index in [1.807, 2.05) is 0 Å². The first-order valence-electron chi connectivity index (χ1n) is 10.1. The summed E-state index contributed by atoms with van der Waals surface area (Å²) in [5.74, 6) is 0.524. The van der Waals surface area contributed by atoms with Crippen LogP contribution in [0, 0.1) is 11.7 Å². The first kappa shape index (κ1) is 20.5. The Morgan fingerprint density at radius 1 is 1.21 bits per heavy atom. The van der Waals surface area contributed by atoms with Gasteiger partial charge in [0.1, 0.15) is 19.3 Å². The van der Waals surface area contributed by atoms with E-state index in [1.165, 1.54) is 6.07 Å². The van der Waals surface area contributed by atoms with Crippen molar-refractivity contribution >= 4 is 17.7 Å². The van der Waals surface area contributed by atoms with Gasteiger partial charge in [-0.05, 0) is 44.3 Å². The molecule has 0 saturated carbocycles. The van der Waals surface area contributed by atoms with Gasteiger partial charge in [-0.15, -0.1) is 0 Å². The van der Waals surface area contributed by atoms with Crippen molar-refractivity contribution in [3.05, 3.63) is 23.0 Å². The van der Waals surface area contributed by atoms with Gasteiger partial charge in [-0.2, -0.15) is 0 Å². The Bertz CT molecular complexity index is 744. The molecule has 1 N–H and O–H groups in total. The summed E-state index contributed by atoms with van der Waals surface area (Å²) in [5, 5.41) is 9.63. The van der Waals surface area contributed by atoms with E-state index in [0.29, 0.717) is 31.4 Å². The Balaban J connectivity index is 1.22. The molecule has 29 heavy (non-hydrogen) atoms. The molecule has 2 saturated heterocycles. The summed E-state index contributed by atoms with van der Waals surface area (Å²) in [6.07, 6.45) is 2.50. The topological polar surface area (TPSA) is 71.5 Å². The zero-order chi connectivity index (χ0) is 20.4. The molecule has 0 bridgehead atoms. The van der Waals surface area contributed by atoms with Crippen molar-refractivity contribution in [3.8, 4) is 11.5 Å². The summed E-state index contributed by atoms with van der Waals surface area (Å²) < 4.78 is 30.3. The van der Waals surface area contributed by atoms with Gasteiger partial charge in [-0.1, -0.05) is 11.6 Å². The predicted octanol–water partition coefficient (Wildman–Crippen LogP) is 2.53. The maximum Gasteiger partial charge on any atom is 0.410 e. The highest BCUT2D eigenvalue weighted by molar-refractivity contribution is 6.30. The number of piperidine rings is 1. The van der Waals surface area contributed by atoms with Crippen molar-refractivity contribution in [2.45, 2.75) is 31.4 Å². The molecule has 1 aromatic carbocycles. The maximum atomic E-state index is 13.9. The van der Waals surface area contributed by atoms with Crippen LogP contribution in [0.1, 0.15) is 19.3 Å². The normalized spacial score (nSPS) is 25.3. The average Bonchev–Trinajstić information content (AvgIpc) is 3.06. The minimum absolute atomic E-state index is 0.0636. The third-order valence-electron chi connectivity index (χ3n) is 5.91. The van der Waals surface area contributed by atoms with Crippen molar-refractivity contribution in [3.63, 3.8) is 0 Å². The number of cyclic esters (lactones) is 1. The van der Waals surface area contributed by atoms with Gasteiger partial charge in [0, 0.05) is 24.2 Å². The van der Waals surface area contributed by atoms with E-state index in [9.17, 15) is 14.3 Å². The Hall–Kier alpha value is -1.77. The standard InChI is InChI=1S/C20H26ClFN2O5/c21-14-7-17(22)19-18(8-14)29-16(12-27-19)9-23-4-1-13(2-5-23)3-6-24-15(10-25)11-28-20(24)26/h7-8,13,15-16,25H,1-6,9-12H2. The Labute approximate surface area is 174 Å². The van der Waals surface area contributed by atoms with Crippen LogP contribution in [0.2, 0.25) is 5.02 Å². The number of hydrogen-bond acceptors (Lipinski definition) is 6. The molecule has 1 aromatic rings. The number of amides is 1. The lowest BCUT2D eigenvalue weighted by atomic mass is 9.93. The summed E-state index contributed by atoms with van der Waals surface area (Å²) in [6, 6.07) is 2.59. The molecule has 0 spiro atoms. The molecule has 2 atom stereocenters. The quantitative estimate of drug-likeness (QED) is 0.750. The van der Waals surface area contributed by atoms with Crippen molar-refractivity contribution in [2.75, 3.05) is 46.0 Å². The van der Waals surface area contributed by atoms with Crippen LogP contribution in [0.4, 0.5) is 9.18 Å². The minimum atomic E-state index is -0.503. The monoisotopic (exact) mass is 428 g/mol. The van der Waals surface area contributed by atoms with E-state index in [4.69, 9.17) is 25.8 Å². The van der Waals surface area contributed by atoms with E-state index in [2.05, 4.69) is 4.90 Å². The average molecular weight is 429 g/mol. The molecule has 0 aliphatic carbocycles. The van der Waals surface area contributed by atoms with Crippen molar-refractivity contribution in [2.24, 2.45) is 5.92 Å². The number of halogens is 2. The summed E-state index contributed by atoms with van der Waals surface area (Å²) in [5.41, 5.74) is 0. The van der Waals surface area contributed by atoms with E-state index < -0.39 is 5.82 Å². The lowest BCUT2D eigenvalue weighted by Crippen LogP contribution is -2.44. The largest absolute Gasteiger partial charge is 0.483 e. The molecule has 160 valence electrons. The number of hydrogen-bond donors (Lipinski definition) is 1. The van der Waals surface area contributed by atoms with Crippen LogP contribution in [0.5, 0.6) is 11.5 Å². The molecular formula is C20H26ClFN2O5. The van der Waals surface area contributed by atoms with E-state index >= 15 is 0 Å². The molecule has 7 nitrogen and oxygen atoms in total. The van der Waals surface area contributed by atoms with Crippen LogP contribution in [0.3, 0.4) is 0 Å². The van der Waals surface area contributed by atoms with Gasteiger partial charge in [-0.25, -0.2) is 9.18 Å². The van der Waals surface area contributed by atoms with Gasteiger partial charge in [0.15, 0.2) is 17.3 Å². The molecule has 0 aromatic heterocycles. The second-order valence-electron chi connectivity index (χ2n) is 7.91. The molecule has 9 heteroatoms. The lowest BCUT2D eigenvalue weighted by molar-refractivity contribution is 0.0440. The van der Waals surface area contributed by atoms with Crippen molar-refractivity contribution in [1.29, 1.82) is 0 Å². The first-order valence-corrected chi connectivity index (χ1v) is 10.5. The fraction of sp³-hybridized carbons (Fsp3) is 0.650. The molecule has 1 amide bonds. The van der Waals surface area contributed by atoms with Gasteiger partial charge in [-0.3, -0.25) is 9.80 Å². The van der Waals surface area contributed by atoms with E-state index in [1.54, 1.807) is 11.0 Å². The SMILES string of the molecule is O=C1OCC(CO)N1CCC1CCN(CC2COc3c(F)cc(Cl)cc3O2)CC1. The number of ether oxygens (including phenoxy) is 3. The zero-order valence-electron chi connectivity index (χ0n) is 16.2. The maximum absolute atomic E-state index is 13.9. The van der Waals surface area contributed by atoms with Crippen LogP contribution in [-0.4, -0.2) is 79.1 Å². The fourth-order valence-corrected chi connectivity index (χ4v) is 4.42. The number of carbonyl (C=O) groups excluding carboxylic acids is 1. The molecule has 3 heterocycles. The molecule has 4 rings (SSSR count). The highest BCUT2D eigenvalue weighted by atomic mass is 35.5. The highest BCUT2D eigenvalue weighted by Crippen LogP contribution is 2.37. The number of nitrogens with zero attached hydrogens (tertiary/aromatic N) is 2. The second-order valence-corrected chi connectivity index (χ2v) is 8.34. The van der Waals surface area contributed by atoms with Gasteiger partial charge in [0.05, 0.1) is 12.6 Å². The number of likely N-dealkylation sites (tertiary alicyclic amines) is 1. The van der Waals surface area contributed by atoms with E-state index in [-0.39, 0.29) is 42.2 Å². The fourth-order valence-electron chi connectivity index (χ4n) is 4.23. The third-order valence-corrected chi connectivity index (χ3v) is 6.13. The first-order chi connectivity index (χ1) is 14.0. The van der Waals surface area contributed by atoms with Gasteiger partial charge < -0.3 is 19.3 Å². The number of carbonyl (C=O) groups is 1. The summed E-state index contributed by atoms with van der Waals surface area (Å²) in [4.78, 5) is 15.7. The summed E-state index contributed by atoms with van der Waals surface area (Å²) in [7, 11) is 0. The van der Waals surface area contributed by atoms with Crippen molar-refractivity contribution in [1.82, 2.24) is 9.80 Å². The lowest BCUT2D eigenvalue weighted by Gasteiger charge is -2.36. The second kappa shape index (κ2) is 8.93. The minimum Gasteiger partial charge on any atom is -0.483 e. The van der Waals surface area contributed by atoms with Gasteiger partial charge >= 0.3 is 6.09 Å². The van der Waals surface area contributed by atoms with Crippen LogP contribution < -0.4 is 9.47 Å². The number of fused-ring (bicyclic) bond motifs is 1. The molecule has 3 aliphatic rings. The highest BCUT2D eigenvalue weighted by Gasteiger charge is 2.33. The Kier molecular flexibility index (Phi) is 6.32. The predicted molar refractivity (Wildman–Crippen MR) is 104 cm³/mol. The Morgan fingerprint density at radius 3 is 2.76 bits per heavy atom. The smallest absolute Gasteiger partial charge is 0.410 e. The van der Waals surface area contributed by atoms with Crippen LogP contribution in [0.15, 0.2) is 12.1 Å². The number of rotatable bonds is 6. The molecule has 2 fully saturated rings. The van der Waals surface area contributed by atoms with Gasteiger partial charge in [0.2, 0.25) is 0 Å². The number of aliphatic hydroxyl groups is 1. The van der Waals surface area contributed by atoms with Crippen LogP contribution >= 0.6 is 11.6 Å². The van der Waals surface area contributed by atoms with Crippen molar-refractivity contribution < 1.29 is 28.5 Å². The zero-order valence-corrected chi connectivity index (χ0v) is 16.9.